The van der Waals surface area contributed by atoms with Crippen LogP contribution in [0.15, 0.2) is 9.89 Å². The summed E-state index contributed by atoms with van der Waals surface area (Å²) in [5.74, 6) is 1.06. The largest absolute Gasteiger partial charge is 0.370 e. The van der Waals surface area contributed by atoms with Crippen molar-refractivity contribution in [2.24, 2.45) is 12.0 Å². The van der Waals surface area contributed by atoms with Gasteiger partial charge in [-0.25, -0.2) is 8.42 Å². The molecule has 0 atom stereocenters. The first-order valence-electron chi connectivity index (χ1n) is 10.9. The molecule has 1 aromatic rings. The van der Waals surface area contributed by atoms with E-state index in [1.165, 1.54) is 25.7 Å². The Kier molecular flexibility index (Phi) is 5.74. The standard InChI is InChI=1S/C20H34N6O2S/c1-15-18(16(2)25(3)24-15)29(27,28)26-13-9-20(10-14-26)19(21-11-6-12-22-20)23-17-7-4-5-8-17/h17,22H,4-14H2,1-3H3,(H,21,23). The topological polar surface area (TPSA) is 91.6 Å². The Bertz CT molecular complexity index is 877. The second-order valence-electron chi connectivity index (χ2n) is 8.75. The fourth-order valence-corrected chi connectivity index (χ4v) is 6.90. The Balaban J connectivity index is 1.53. The molecule has 1 saturated carbocycles. The minimum Gasteiger partial charge on any atom is -0.370 e. The summed E-state index contributed by atoms with van der Waals surface area (Å²) in [5, 5.41) is 11.8. The van der Waals surface area contributed by atoms with Crippen LogP contribution in [0.4, 0.5) is 0 Å². The second-order valence-corrected chi connectivity index (χ2v) is 10.6. The highest BCUT2D eigenvalue weighted by Gasteiger charge is 2.44. The van der Waals surface area contributed by atoms with Crippen LogP contribution in [0.2, 0.25) is 0 Å². The maximum Gasteiger partial charge on any atom is 0.246 e. The normalized spacial score (nSPS) is 23.9. The van der Waals surface area contributed by atoms with Crippen LogP contribution in [0, 0.1) is 13.8 Å². The van der Waals surface area contributed by atoms with E-state index in [0.29, 0.717) is 35.4 Å². The summed E-state index contributed by atoms with van der Waals surface area (Å²) in [7, 11) is -1.75. The summed E-state index contributed by atoms with van der Waals surface area (Å²) in [6.45, 7) is 6.34. The summed E-state index contributed by atoms with van der Waals surface area (Å²) in [6.07, 6.45) is 7.46. The van der Waals surface area contributed by atoms with Gasteiger partial charge in [-0.3, -0.25) is 9.67 Å². The number of nitrogens with one attached hydrogen (secondary N) is 2. The highest BCUT2D eigenvalue weighted by atomic mass is 32.2. The van der Waals surface area contributed by atoms with Crippen LogP contribution in [0.1, 0.15) is 56.3 Å². The Morgan fingerprint density at radius 2 is 1.83 bits per heavy atom. The van der Waals surface area contributed by atoms with E-state index in [9.17, 15) is 8.42 Å². The zero-order chi connectivity index (χ0) is 20.6. The van der Waals surface area contributed by atoms with Crippen molar-refractivity contribution in [3.8, 4) is 0 Å². The van der Waals surface area contributed by atoms with Crippen molar-refractivity contribution in [2.75, 3.05) is 26.2 Å². The molecule has 29 heavy (non-hydrogen) atoms. The van der Waals surface area contributed by atoms with Crippen LogP contribution in [0.5, 0.6) is 0 Å². The SMILES string of the molecule is Cc1nn(C)c(C)c1S(=O)(=O)N1CCC2(CC1)NCCCN=C2NC1CCCC1. The summed E-state index contributed by atoms with van der Waals surface area (Å²) in [4.78, 5) is 5.27. The monoisotopic (exact) mass is 422 g/mol. The second kappa shape index (κ2) is 8.00. The Morgan fingerprint density at radius 3 is 2.45 bits per heavy atom. The van der Waals surface area contributed by atoms with Crippen LogP contribution in [-0.2, 0) is 17.1 Å². The summed E-state index contributed by atoms with van der Waals surface area (Å²) >= 11 is 0. The third kappa shape index (κ3) is 3.84. The van der Waals surface area contributed by atoms with Crippen LogP contribution >= 0.6 is 0 Å². The molecule has 0 unspecified atom stereocenters. The number of sulfonamides is 1. The van der Waals surface area contributed by atoms with Gasteiger partial charge in [-0.05, 0) is 52.5 Å². The van der Waals surface area contributed by atoms with Gasteiger partial charge < -0.3 is 10.6 Å². The number of amidine groups is 1. The molecule has 2 N–H and O–H groups in total. The van der Waals surface area contributed by atoms with Gasteiger partial charge >= 0.3 is 0 Å². The first kappa shape index (κ1) is 20.8. The molecule has 9 heteroatoms. The Morgan fingerprint density at radius 1 is 1.14 bits per heavy atom. The van der Waals surface area contributed by atoms with Crippen molar-refractivity contribution in [1.82, 2.24) is 24.7 Å². The predicted octanol–water partition coefficient (Wildman–Crippen LogP) is 1.48. The van der Waals surface area contributed by atoms with Crippen molar-refractivity contribution >= 4 is 15.9 Å². The van der Waals surface area contributed by atoms with Gasteiger partial charge in [-0.15, -0.1) is 0 Å². The lowest BCUT2D eigenvalue weighted by molar-refractivity contribution is 0.247. The average Bonchev–Trinajstić information content (AvgIpc) is 3.23. The zero-order valence-corrected chi connectivity index (χ0v) is 18.7. The first-order valence-corrected chi connectivity index (χ1v) is 12.3. The van der Waals surface area contributed by atoms with Gasteiger partial charge in [0.15, 0.2) is 0 Å². The molecule has 0 radical (unpaired) electrons. The molecule has 1 aliphatic carbocycles. The van der Waals surface area contributed by atoms with Crippen molar-refractivity contribution < 1.29 is 8.42 Å². The smallest absolute Gasteiger partial charge is 0.246 e. The van der Waals surface area contributed by atoms with Crippen molar-refractivity contribution in [2.45, 2.75) is 75.3 Å². The number of aliphatic imine (C=N–C) groups is 1. The van der Waals surface area contributed by atoms with Gasteiger partial charge in [-0.2, -0.15) is 9.40 Å². The fourth-order valence-electron chi connectivity index (χ4n) is 5.06. The van der Waals surface area contributed by atoms with Crippen molar-refractivity contribution in [3.05, 3.63) is 11.4 Å². The van der Waals surface area contributed by atoms with E-state index in [1.54, 1.807) is 23.0 Å². The van der Waals surface area contributed by atoms with E-state index < -0.39 is 10.0 Å². The minimum atomic E-state index is -3.54. The maximum absolute atomic E-state index is 13.3. The molecule has 3 heterocycles. The molecule has 1 saturated heterocycles. The van der Waals surface area contributed by atoms with Crippen LogP contribution < -0.4 is 10.6 Å². The van der Waals surface area contributed by atoms with Gasteiger partial charge in [0.25, 0.3) is 0 Å². The van der Waals surface area contributed by atoms with Gasteiger partial charge in [0, 0.05) is 32.7 Å². The molecule has 0 amide bonds. The van der Waals surface area contributed by atoms with Crippen molar-refractivity contribution in [3.63, 3.8) is 0 Å². The maximum atomic E-state index is 13.3. The molecule has 0 bridgehead atoms. The molecule has 4 rings (SSSR count). The number of piperidine rings is 1. The molecule has 2 aliphatic heterocycles. The summed E-state index contributed by atoms with van der Waals surface area (Å²) < 4.78 is 30.0. The van der Waals surface area contributed by atoms with E-state index in [4.69, 9.17) is 4.99 Å². The lowest BCUT2D eigenvalue weighted by Crippen LogP contribution is -2.63. The predicted molar refractivity (Wildman–Crippen MR) is 114 cm³/mol. The highest BCUT2D eigenvalue weighted by molar-refractivity contribution is 7.89. The quantitative estimate of drug-likeness (QED) is 0.770. The van der Waals surface area contributed by atoms with Gasteiger partial charge in [0.05, 0.1) is 16.9 Å². The van der Waals surface area contributed by atoms with E-state index in [1.807, 2.05) is 6.92 Å². The first-order chi connectivity index (χ1) is 13.8. The molecule has 3 aliphatic rings. The molecule has 1 aromatic heterocycles. The number of hydrogen-bond donors (Lipinski definition) is 2. The highest BCUT2D eigenvalue weighted by Crippen LogP contribution is 2.31. The summed E-state index contributed by atoms with van der Waals surface area (Å²) in [6, 6.07) is 0.507. The minimum absolute atomic E-state index is 0.232. The molecule has 1 spiro atoms. The third-order valence-corrected chi connectivity index (χ3v) is 8.99. The van der Waals surface area contributed by atoms with Crippen LogP contribution in [0.25, 0.3) is 0 Å². The average molecular weight is 423 g/mol. The summed E-state index contributed by atoms with van der Waals surface area (Å²) in [5.41, 5.74) is 1.04. The molecule has 2 fully saturated rings. The Hall–Kier alpha value is -1.45. The number of aryl methyl sites for hydroxylation is 2. The van der Waals surface area contributed by atoms with Gasteiger partial charge in [0.1, 0.15) is 10.7 Å². The third-order valence-electron chi connectivity index (χ3n) is 6.83. The number of rotatable bonds is 3. The lowest BCUT2D eigenvalue weighted by atomic mass is 9.86. The molecular formula is C20H34N6O2S. The van der Waals surface area contributed by atoms with E-state index in [-0.39, 0.29) is 5.54 Å². The molecule has 162 valence electrons. The molecule has 0 aromatic carbocycles. The molecule has 8 nitrogen and oxygen atoms in total. The Labute approximate surface area is 174 Å². The van der Waals surface area contributed by atoms with E-state index in [0.717, 1.165) is 38.2 Å². The van der Waals surface area contributed by atoms with E-state index in [2.05, 4.69) is 15.7 Å². The number of aromatic nitrogens is 2. The van der Waals surface area contributed by atoms with Crippen LogP contribution in [-0.4, -0.2) is 66.1 Å². The fraction of sp³-hybridized carbons (Fsp3) is 0.800. The lowest BCUT2D eigenvalue weighted by Gasteiger charge is -2.43. The van der Waals surface area contributed by atoms with Crippen LogP contribution in [0.3, 0.4) is 0 Å². The van der Waals surface area contributed by atoms with E-state index >= 15 is 0 Å². The van der Waals surface area contributed by atoms with Gasteiger partial charge in [-0.1, -0.05) is 12.8 Å². The number of hydrogen-bond acceptors (Lipinski definition) is 6. The zero-order valence-electron chi connectivity index (χ0n) is 17.9. The number of nitrogens with zero attached hydrogens (tertiary/aromatic N) is 4. The molecular weight excluding hydrogens is 388 g/mol. The van der Waals surface area contributed by atoms with Crippen molar-refractivity contribution in [1.29, 1.82) is 0 Å². The van der Waals surface area contributed by atoms with Gasteiger partial charge in [0.2, 0.25) is 10.0 Å².